The summed E-state index contributed by atoms with van der Waals surface area (Å²) in [7, 11) is 0. The Bertz CT molecular complexity index is 80.1. The van der Waals surface area contributed by atoms with Gasteiger partial charge in [-0.3, -0.25) is 0 Å². The maximum absolute atomic E-state index is 2.80. The fraction of sp³-hybridized carbons (Fsp3) is 1.00. The SMILES string of the molecule is C[CH2][Sb]([CH3])([I])([CH2]C)[CH2]C. The first-order valence-electron chi connectivity index (χ1n) is 3.69. The van der Waals surface area contributed by atoms with E-state index in [2.05, 4.69) is 44.1 Å². The van der Waals surface area contributed by atoms with Crippen molar-refractivity contribution in [2.45, 2.75) is 38.7 Å². The van der Waals surface area contributed by atoms with E-state index in [9.17, 15) is 0 Å². The number of rotatable bonds is 3. The van der Waals surface area contributed by atoms with Crippen molar-refractivity contribution >= 4 is 31.9 Å². The number of hydrogen-bond acceptors (Lipinski definition) is 0. The Morgan fingerprint density at radius 1 is 1.00 bits per heavy atom. The van der Waals surface area contributed by atoms with Crippen LogP contribution in [0.5, 0.6) is 0 Å². The summed E-state index contributed by atoms with van der Waals surface area (Å²) in [5, 5.41) is 0. The van der Waals surface area contributed by atoms with E-state index in [0.717, 1.165) is 0 Å². The van der Waals surface area contributed by atoms with E-state index in [4.69, 9.17) is 0 Å². The van der Waals surface area contributed by atoms with E-state index in [-0.39, 0.29) is 0 Å². The van der Waals surface area contributed by atoms with E-state index < -0.39 is 13.4 Å². The first-order valence-corrected chi connectivity index (χ1v) is 19.1. The van der Waals surface area contributed by atoms with Crippen molar-refractivity contribution in [2.24, 2.45) is 0 Å². The predicted molar refractivity (Wildman–Crippen MR) is 57.1 cm³/mol. The molecule has 0 aromatic heterocycles. The molecule has 0 aliphatic rings. The number of halogens is 1. The normalized spacial score (nSPS) is 16.8. The van der Waals surface area contributed by atoms with Crippen LogP contribution in [0.1, 0.15) is 20.8 Å². The number of hydrogen-bond donors (Lipinski definition) is 0. The van der Waals surface area contributed by atoms with Crippen molar-refractivity contribution in [3.8, 4) is 0 Å². The molecule has 0 aliphatic heterocycles. The average molecular weight is 351 g/mol. The molecule has 0 saturated carbocycles. The second kappa shape index (κ2) is 3.30. The van der Waals surface area contributed by atoms with Gasteiger partial charge in [-0.25, -0.2) is 0 Å². The molecule has 9 heavy (non-hydrogen) atoms. The molecule has 0 aromatic rings. The second-order valence-corrected chi connectivity index (χ2v) is 41.0. The Morgan fingerprint density at radius 3 is 1.22 bits per heavy atom. The first-order chi connectivity index (χ1) is 3.96. The Morgan fingerprint density at radius 2 is 1.22 bits per heavy atom. The molecule has 0 rings (SSSR count). The Hall–Kier alpha value is 1.55. The predicted octanol–water partition coefficient (Wildman–Crippen LogP) is 4.01. The molecule has 0 nitrogen and oxygen atoms in total. The van der Waals surface area contributed by atoms with Gasteiger partial charge in [0.15, 0.2) is 0 Å². The summed E-state index contributed by atoms with van der Waals surface area (Å²) in [5.41, 5.74) is 0. The van der Waals surface area contributed by atoms with Gasteiger partial charge in [-0.05, 0) is 0 Å². The fourth-order valence-electron chi connectivity index (χ4n) is 0.671. The molecule has 0 spiro atoms. The van der Waals surface area contributed by atoms with Gasteiger partial charge < -0.3 is 0 Å². The molecule has 58 valence electrons. The van der Waals surface area contributed by atoms with Gasteiger partial charge >= 0.3 is 70.6 Å². The molecule has 0 aliphatic carbocycles. The molecule has 0 atom stereocenters. The third kappa shape index (κ3) is 2.96. The van der Waals surface area contributed by atoms with Crippen LogP contribution in [-0.2, 0) is 0 Å². The molecule has 0 heterocycles. The topological polar surface area (TPSA) is 0 Å². The van der Waals surface area contributed by atoms with Crippen LogP contribution in [0.25, 0.3) is 0 Å². The van der Waals surface area contributed by atoms with Gasteiger partial charge in [-0.2, -0.15) is 0 Å². The molecule has 0 aromatic carbocycles. The van der Waals surface area contributed by atoms with Gasteiger partial charge in [0.2, 0.25) is 0 Å². The van der Waals surface area contributed by atoms with E-state index in [1.54, 1.807) is 0 Å². The molecular weight excluding hydrogens is 333 g/mol. The Balaban J connectivity index is 4.20. The quantitative estimate of drug-likeness (QED) is 0.533. The zero-order valence-corrected chi connectivity index (χ0v) is 11.7. The molecule has 0 unspecified atom stereocenters. The molecule has 0 N–H and O–H groups in total. The first kappa shape index (κ1) is 10.5. The molecule has 2 heteroatoms. The van der Waals surface area contributed by atoms with E-state index in [1.807, 2.05) is 0 Å². The average Bonchev–Trinajstić information content (AvgIpc) is 1.90. The summed E-state index contributed by atoms with van der Waals surface area (Å²) in [5.74, 6) is 0. The van der Waals surface area contributed by atoms with Crippen molar-refractivity contribution < 1.29 is 0 Å². The van der Waals surface area contributed by atoms with E-state index in [0.29, 0.717) is 0 Å². The zero-order chi connectivity index (χ0) is 7.57. The fourth-order valence-corrected chi connectivity index (χ4v) is 4.50. The zero-order valence-electron chi connectivity index (χ0n) is 6.95. The monoisotopic (exact) mass is 350 g/mol. The van der Waals surface area contributed by atoms with Crippen molar-refractivity contribution in [3.63, 3.8) is 0 Å². The van der Waals surface area contributed by atoms with Crippen molar-refractivity contribution in [1.29, 1.82) is 0 Å². The summed E-state index contributed by atoms with van der Waals surface area (Å²) < 4.78 is 4.42. The minimum atomic E-state index is -1.89. The van der Waals surface area contributed by atoms with Gasteiger partial charge in [-0.15, -0.1) is 0 Å². The van der Waals surface area contributed by atoms with Crippen LogP contribution in [0.3, 0.4) is 0 Å². The Kier molecular flexibility index (Phi) is 3.86. The van der Waals surface area contributed by atoms with E-state index in [1.165, 1.54) is 13.1 Å². The van der Waals surface area contributed by atoms with Crippen molar-refractivity contribution in [2.75, 3.05) is 0 Å². The van der Waals surface area contributed by atoms with Crippen LogP contribution in [0.15, 0.2) is 0 Å². The van der Waals surface area contributed by atoms with Crippen LogP contribution >= 0.6 is 18.5 Å². The molecular formula is C7H18ISb. The second-order valence-electron chi connectivity index (χ2n) is 3.10. The molecule has 0 saturated heterocycles. The van der Waals surface area contributed by atoms with E-state index >= 15 is 0 Å². The summed E-state index contributed by atoms with van der Waals surface area (Å²) >= 11 is 0.911. The van der Waals surface area contributed by atoms with Crippen LogP contribution in [0.2, 0.25) is 18.0 Å². The Labute approximate surface area is 69.9 Å². The van der Waals surface area contributed by atoms with Crippen molar-refractivity contribution in [1.82, 2.24) is 0 Å². The third-order valence-electron chi connectivity index (χ3n) is 2.65. The molecule has 0 radical (unpaired) electrons. The van der Waals surface area contributed by atoms with Gasteiger partial charge in [0.25, 0.3) is 0 Å². The van der Waals surface area contributed by atoms with Crippen molar-refractivity contribution in [3.05, 3.63) is 0 Å². The van der Waals surface area contributed by atoms with Crippen LogP contribution in [-0.4, -0.2) is 13.4 Å². The third-order valence-corrected chi connectivity index (χ3v) is 31.5. The molecule has 0 amide bonds. The van der Waals surface area contributed by atoms with Crippen LogP contribution in [0.4, 0.5) is 0 Å². The summed E-state index contributed by atoms with van der Waals surface area (Å²) in [4.78, 5) is 2.56. The van der Waals surface area contributed by atoms with Gasteiger partial charge in [-0.1, -0.05) is 0 Å². The van der Waals surface area contributed by atoms with Gasteiger partial charge in [0, 0.05) is 0 Å². The van der Waals surface area contributed by atoms with Crippen LogP contribution < -0.4 is 0 Å². The minimum absolute atomic E-state index is 1.47. The van der Waals surface area contributed by atoms with Gasteiger partial charge in [0.05, 0.1) is 0 Å². The summed E-state index contributed by atoms with van der Waals surface area (Å²) in [6.45, 7) is 7.09. The summed E-state index contributed by atoms with van der Waals surface area (Å²) in [6.07, 6.45) is 0. The standard InChI is InChI=1S/3C2H5.CH3.HI.Sb/c3*1-2;;;/h3*1H2,2H3;1H3;1H;/q;;;;;+1/p-1. The van der Waals surface area contributed by atoms with Crippen LogP contribution in [0, 0.1) is 0 Å². The van der Waals surface area contributed by atoms with Gasteiger partial charge in [0.1, 0.15) is 0 Å². The maximum atomic E-state index is 2.80. The summed E-state index contributed by atoms with van der Waals surface area (Å²) in [6, 6.07) is 0. The molecule has 0 bridgehead atoms. The molecule has 0 fully saturated rings.